The lowest BCUT2D eigenvalue weighted by atomic mass is 10.1. The van der Waals surface area contributed by atoms with E-state index in [1.54, 1.807) is 7.05 Å². The summed E-state index contributed by atoms with van der Waals surface area (Å²) in [5.41, 5.74) is 1.14. The van der Waals surface area contributed by atoms with Crippen molar-refractivity contribution in [3.8, 4) is 5.75 Å². The highest BCUT2D eigenvalue weighted by Crippen LogP contribution is 2.17. The zero-order valence-corrected chi connectivity index (χ0v) is 16.3. The van der Waals surface area contributed by atoms with Gasteiger partial charge in [-0.25, -0.2) is 0 Å². The molecule has 6 heteroatoms. The summed E-state index contributed by atoms with van der Waals surface area (Å²) in [5, 5.41) is 6.61. The molecule has 2 unspecified atom stereocenters. The molecule has 1 aromatic rings. The molecular formula is C20H33N3O3. The van der Waals surface area contributed by atoms with E-state index in [9.17, 15) is 0 Å². The molecular weight excluding hydrogens is 330 g/mol. The molecule has 146 valence electrons. The Balaban J connectivity index is 1.54. The number of rotatable bonds is 10. The van der Waals surface area contributed by atoms with Crippen LogP contribution < -0.4 is 15.4 Å². The third kappa shape index (κ3) is 7.62. The van der Waals surface area contributed by atoms with Gasteiger partial charge in [0.15, 0.2) is 5.96 Å². The topological polar surface area (TPSA) is 64.1 Å². The van der Waals surface area contributed by atoms with Gasteiger partial charge in [0.25, 0.3) is 0 Å². The van der Waals surface area contributed by atoms with Crippen LogP contribution in [-0.2, 0) is 9.47 Å². The van der Waals surface area contributed by atoms with Crippen molar-refractivity contribution in [3.63, 3.8) is 0 Å². The Hall–Kier alpha value is -1.79. The molecule has 0 radical (unpaired) electrons. The van der Waals surface area contributed by atoms with Gasteiger partial charge in [-0.3, -0.25) is 4.99 Å². The number of nitrogens with one attached hydrogen (secondary N) is 2. The van der Waals surface area contributed by atoms with Crippen molar-refractivity contribution >= 4 is 5.96 Å². The monoisotopic (exact) mass is 363 g/mol. The number of aryl methyl sites for hydroxylation is 1. The Bertz CT molecular complexity index is 545. The number of hydrogen-bond donors (Lipinski definition) is 2. The minimum absolute atomic E-state index is 0.0478. The molecule has 0 bridgehead atoms. The van der Waals surface area contributed by atoms with Crippen molar-refractivity contribution in [2.45, 2.75) is 32.8 Å². The fourth-order valence-corrected chi connectivity index (χ4v) is 2.75. The molecule has 6 nitrogen and oxygen atoms in total. The highest BCUT2D eigenvalue weighted by Gasteiger charge is 2.15. The van der Waals surface area contributed by atoms with Crippen molar-refractivity contribution in [2.75, 3.05) is 46.6 Å². The quantitative estimate of drug-likeness (QED) is 0.380. The smallest absolute Gasteiger partial charge is 0.191 e. The maximum Gasteiger partial charge on any atom is 0.191 e. The van der Waals surface area contributed by atoms with E-state index in [0.29, 0.717) is 12.5 Å². The molecule has 0 aliphatic carbocycles. The highest BCUT2D eigenvalue weighted by molar-refractivity contribution is 5.79. The number of nitrogens with zero attached hydrogens (tertiary/aromatic N) is 1. The normalized spacial score (nSPS) is 18.6. The lowest BCUT2D eigenvalue weighted by Crippen LogP contribution is -2.42. The van der Waals surface area contributed by atoms with Crippen LogP contribution in [-0.4, -0.2) is 58.6 Å². The van der Waals surface area contributed by atoms with Gasteiger partial charge in [-0.1, -0.05) is 18.2 Å². The minimum atomic E-state index is 0.0478. The lowest BCUT2D eigenvalue weighted by Gasteiger charge is -2.18. The first kappa shape index (κ1) is 20.5. The second-order valence-corrected chi connectivity index (χ2v) is 6.73. The average Bonchev–Trinajstić information content (AvgIpc) is 3.16. The summed E-state index contributed by atoms with van der Waals surface area (Å²) < 4.78 is 17.0. The van der Waals surface area contributed by atoms with Gasteiger partial charge >= 0.3 is 0 Å². The molecule has 2 rings (SSSR count). The van der Waals surface area contributed by atoms with Gasteiger partial charge in [0.1, 0.15) is 11.9 Å². The zero-order chi connectivity index (χ0) is 18.6. The van der Waals surface area contributed by atoms with Crippen molar-refractivity contribution in [1.29, 1.82) is 0 Å². The van der Waals surface area contributed by atoms with Crippen molar-refractivity contribution in [2.24, 2.45) is 10.9 Å². The fourth-order valence-electron chi connectivity index (χ4n) is 2.75. The predicted molar refractivity (Wildman–Crippen MR) is 105 cm³/mol. The first-order valence-corrected chi connectivity index (χ1v) is 9.51. The van der Waals surface area contributed by atoms with Crippen LogP contribution in [0.5, 0.6) is 5.75 Å². The molecule has 2 atom stereocenters. The summed E-state index contributed by atoms with van der Waals surface area (Å²) in [5.74, 6) is 2.29. The molecule has 26 heavy (non-hydrogen) atoms. The number of aliphatic imine (C=N–C) groups is 1. The third-order valence-electron chi connectivity index (χ3n) is 4.34. The maximum atomic E-state index is 5.97. The molecule has 1 aliphatic rings. The Kier molecular flexibility index (Phi) is 9.28. The Labute approximate surface area is 157 Å². The van der Waals surface area contributed by atoms with E-state index in [1.165, 1.54) is 0 Å². The fraction of sp³-hybridized carbons (Fsp3) is 0.650. The van der Waals surface area contributed by atoms with Gasteiger partial charge in [-0.2, -0.15) is 0 Å². The van der Waals surface area contributed by atoms with Crippen LogP contribution in [0.4, 0.5) is 0 Å². The van der Waals surface area contributed by atoms with E-state index in [4.69, 9.17) is 14.2 Å². The minimum Gasteiger partial charge on any atom is -0.489 e. The standard InChI is InChI=1S/C20H33N3O3/c1-16-7-4-5-8-19(16)26-17(2)13-23-20(21-3)22-10-6-11-24-14-18-9-12-25-15-18/h4-5,7-8,17-18H,6,9-15H2,1-3H3,(H2,21,22,23). The SMILES string of the molecule is CN=C(NCCCOCC1CCOC1)NCC(C)Oc1ccccc1C. The molecule has 2 N–H and O–H groups in total. The number of para-hydroxylation sites is 1. The van der Waals surface area contributed by atoms with Crippen LogP contribution in [0, 0.1) is 12.8 Å². The van der Waals surface area contributed by atoms with Crippen LogP contribution in [0.25, 0.3) is 0 Å². The molecule has 1 heterocycles. The third-order valence-corrected chi connectivity index (χ3v) is 4.34. The van der Waals surface area contributed by atoms with Crippen LogP contribution in [0.3, 0.4) is 0 Å². The average molecular weight is 364 g/mol. The second kappa shape index (κ2) is 11.8. The number of guanidine groups is 1. The molecule has 0 saturated carbocycles. The second-order valence-electron chi connectivity index (χ2n) is 6.73. The van der Waals surface area contributed by atoms with E-state index >= 15 is 0 Å². The van der Waals surface area contributed by atoms with Gasteiger partial charge in [-0.15, -0.1) is 0 Å². The van der Waals surface area contributed by atoms with Gasteiger partial charge in [0.05, 0.1) is 19.8 Å². The van der Waals surface area contributed by atoms with E-state index in [-0.39, 0.29) is 6.10 Å². The van der Waals surface area contributed by atoms with Crippen molar-refractivity contribution < 1.29 is 14.2 Å². The first-order valence-electron chi connectivity index (χ1n) is 9.51. The number of ether oxygens (including phenoxy) is 3. The van der Waals surface area contributed by atoms with Gasteiger partial charge in [0.2, 0.25) is 0 Å². The van der Waals surface area contributed by atoms with Crippen LogP contribution >= 0.6 is 0 Å². The van der Waals surface area contributed by atoms with E-state index < -0.39 is 0 Å². The Morgan fingerprint density at radius 2 is 2.19 bits per heavy atom. The molecule has 1 aromatic carbocycles. The summed E-state index contributed by atoms with van der Waals surface area (Å²) in [6.45, 7) is 8.90. The number of hydrogen-bond acceptors (Lipinski definition) is 4. The molecule has 0 amide bonds. The van der Waals surface area contributed by atoms with E-state index in [2.05, 4.69) is 28.6 Å². The first-order chi connectivity index (χ1) is 12.7. The summed E-state index contributed by atoms with van der Waals surface area (Å²) in [7, 11) is 1.78. The maximum absolute atomic E-state index is 5.97. The van der Waals surface area contributed by atoms with Crippen LogP contribution in [0.15, 0.2) is 29.3 Å². The zero-order valence-electron chi connectivity index (χ0n) is 16.3. The Morgan fingerprint density at radius 3 is 2.92 bits per heavy atom. The Morgan fingerprint density at radius 1 is 1.35 bits per heavy atom. The van der Waals surface area contributed by atoms with Gasteiger partial charge in [0, 0.05) is 32.7 Å². The largest absolute Gasteiger partial charge is 0.489 e. The molecule has 1 saturated heterocycles. The number of benzene rings is 1. The lowest BCUT2D eigenvalue weighted by molar-refractivity contribution is 0.0888. The van der Waals surface area contributed by atoms with E-state index in [1.807, 2.05) is 25.1 Å². The van der Waals surface area contributed by atoms with Gasteiger partial charge in [-0.05, 0) is 38.3 Å². The molecule has 0 spiro atoms. The summed E-state index contributed by atoms with van der Waals surface area (Å²) in [4.78, 5) is 4.25. The summed E-state index contributed by atoms with van der Waals surface area (Å²) in [6, 6.07) is 8.06. The molecule has 0 aromatic heterocycles. The molecule has 1 fully saturated rings. The summed E-state index contributed by atoms with van der Waals surface area (Å²) >= 11 is 0. The van der Waals surface area contributed by atoms with Gasteiger partial charge < -0.3 is 24.8 Å². The van der Waals surface area contributed by atoms with Crippen molar-refractivity contribution in [3.05, 3.63) is 29.8 Å². The molecule has 1 aliphatic heterocycles. The van der Waals surface area contributed by atoms with E-state index in [0.717, 1.165) is 63.1 Å². The van der Waals surface area contributed by atoms with Crippen LogP contribution in [0.1, 0.15) is 25.3 Å². The summed E-state index contributed by atoms with van der Waals surface area (Å²) in [6.07, 6.45) is 2.12. The van der Waals surface area contributed by atoms with Crippen LogP contribution in [0.2, 0.25) is 0 Å². The predicted octanol–water partition coefficient (Wildman–Crippen LogP) is 2.37. The van der Waals surface area contributed by atoms with Crippen molar-refractivity contribution in [1.82, 2.24) is 10.6 Å². The highest BCUT2D eigenvalue weighted by atomic mass is 16.5.